The highest BCUT2D eigenvalue weighted by Crippen LogP contribution is 2.27. The first kappa shape index (κ1) is 9.21. The van der Waals surface area contributed by atoms with Crippen LogP contribution in [0.2, 0.25) is 0 Å². The lowest BCUT2D eigenvalue weighted by Crippen LogP contribution is -1.91. The molecule has 1 aromatic heterocycles. The summed E-state index contributed by atoms with van der Waals surface area (Å²) in [6.45, 7) is 0. The average Bonchev–Trinajstić information content (AvgIpc) is 2.72. The molecule has 1 aromatic carbocycles. The number of aryl methyl sites for hydroxylation is 1. The smallest absolute Gasteiger partial charge is 0.163 e. The average molecular weight is 210 g/mol. The minimum absolute atomic E-state index is 0.255. The van der Waals surface area contributed by atoms with E-state index in [9.17, 15) is 4.79 Å². The van der Waals surface area contributed by atoms with Crippen LogP contribution in [0.5, 0.6) is 0 Å². The molecule has 0 fully saturated rings. The van der Waals surface area contributed by atoms with E-state index in [-0.39, 0.29) is 5.78 Å². The summed E-state index contributed by atoms with van der Waals surface area (Å²) in [6.07, 6.45) is 6.58. The monoisotopic (exact) mass is 210 g/mol. The first-order chi connectivity index (χ1) is 7.84. The summed E-state index contributed by atoms with van der Waals surface area (Å²) in [7, 11) is 0. The Hall–Kier alpha value is -2.03. The van der Waals surface area contributed by atoms with Gasteiger partial charge in [0.25, 0.3) is 0 Å². The molecule has 0 atom stereocenters. The fourth-order valence-corrected chi connectivity index (χ4v) is 2.08. The van der Waals surface area contributed by atoms with Gasteiger partial charge < -0.3 is 0 Å². The van der Waals surface area contributed by atoms with Crippen LogP contribution in [0.1, 0.15) is 22.3 Å². The van der Waals surface area contributed by atoms with Crippen molar-refractivity contribution in [1.82, 2.24) is 9.97 Å². The number of rotatable bonds is 1. The zero-order valence-corrected chi connectivity index (χ0v) is 8.68. The molecule has 3 nitrogen and oxygen atoms in total. The van der Waals surface area contributed by atoms with Gasteiger partial charge in [-0.25, -0.2) is 9.97 Å². The number of fused-ring (bicyclic) bond motifs is 1. The molecular weight excluding hydrogens is 200 g/mol. The normalized spacial score (nSPS) is 13.9. The standard InChI is InChI=1S/C13H10N2O/c16-13-4-2-10-5-9(1-3-12(10)13)11-6-14-8-15-7-11/h1,3,5-8H,2,4H2. The lowest BCUT2D eigenvalue weighted by atomic mass is 10.0. The van der Waals surface area contributed by atoms with E-state index in [1.807, 2.05) is 12.1 Å². The van der Waals surface area contributed by atoms with Crippen LogP contribution in [0, 0.1) is 0 Å². The van der Waals surface area contributed by atoms with Gasteiger partial charge in [0.1, 0.15) is 6.33 Å². The van der Waals surface area contributed by atoms with Gasteiger partial charge in [-0.15, -0.1) is 0 Å². The summed E-state index contributed by atoms with van der Waals surface area (Å²) in [5.41, 5.74) is 4.09. The Morgan fingerprint density at radius 1 is 1.00 bits per heavy atom. The van der Waals surface area contributed by atoms with Crippen molar-refractivity contribution >= 4 is 5.78 Å². The molecule has 0 bridgehead atoms. The van der Waals surface area contributed by atoms with E-state index in [0.717, 1.165) is 28.7 Å². The van der Waals surface area contributed by atoms with Gasteiger partial charge in [-0.2, -0.15) is 0 Å². The lowest BCUT2D eigenvalue weighted by molar-refractivity contribution is 0.0994. The molecule has 0 spiro atoms. The molecule has 0 saturated carbocycles. The third kappa shape index (κ3) is 1.41. The molecule has 3 heteroatoms. The SMILES string of the molecule is O=C1CCc2cc(-c3cncnc3)ccc21. The number of hydrogen-bond donors (Lipinski definition) is 0. The van der Waals surface area contributed by atoms with Crippen molar-refractivity contribution in [3.05, 3.63) is 48.0 Å². The number of ketones is 1. The second-order valence-electron chi connectivity index (χ2n) is 3.92. The molecule has 2 aromatic rings. The highest BCUT2D eigenvalue weighted by atomic mass is 16.1. The van der Waals surface area contributed by atoms with Crippen LogP contribution in [0.3, 0.4) is 0 Å². The van der Waals surface area contributed by atoms with Gasteiger partial charge in [0, 0.05) is 29.9 Å². The predicted molar refractivity (Wildman–Crippen MR) is 60.1 cm³/mol. The Bertz CT molecular complexity index is 549. The summed E-state index contributed by atoms with van der Waals surface area (Å²) >= 11 is 0. The largest absolute Gasteiger partial charge is 0.294 e. The number of aromatic nitrogens is 2. The molecule has 0 amide bonds. The molecule has 78 valence electrons. The van der Waals surface area contributed by atoms with Gasteiger partial charge in [-0.3, -0.25) is 4.79 Å². The Morgan fingerprint density at radius 2 is 1.81 bits per heavy atom. The fourth-order valence-electron chi connectivity index (χ4n) is 2.08. The highest BCUT2D eigenvalue weighted by Gasteiger charge is 2.19. The number of hydrogen-bond acceptors (Lipinski definition) is 3. The predicted octanol–water partition coefficient (Wildman–Crippen LogP) is 2.27. The van der Waals surface area contributed by atoms with E-state index in [1.165, 1.54) is 6.33 Å². The number of nitrogens with zero attached hydrogens (tertiary/aromatic N) is 2. The van der Waals surface area contributed by atoms with E-state index in [1.54, 1.807) is 12.4 Å². The Morgan fingerprint density at radius 3 is 2.62 bits per heavy atom. The zero-order chi connectivity index (χ0) is 11.0. The first-order valence-electron chi connectivity index (χ1n) is 5.26. The molecule has 0 unspecified atom stereocenters. The number of benzene rings is 1. The third-order valence-electron chi connectivity index (χ3n) is 2.92. The quantitative estimate of drug-likeness (QED) is 0.725. The van der Waals surface area contributed by atoms with Crippen molar-refractivity contribution in [3.63, 3.8) is 0 Å². The van der Waals surface area contributed by atoms with Gasteiger partial charge >= 0.3 is 0 Å². The van der Waals surface area contributed by atoms with Gasteiger partial charge in [0.2, 0.25) is 0 Å². The van der Waals surface area contributed by atoms with Crippen LogP contribution < -0.4 is 0 Å². The third-order valence-corrected chi connectivity index (χ3v) is 2.92. The van der Waals surface area contributed by atoms with Gasteiger partial charge in [-0.1, -0.05) is 18.2 Å². The van der Waals surface area contributed by atoms with E-state index in [4.69, 9.17) is 0 Å². The molecule has 16 heavy (non-hydrogen) atoms. The minimum atomic E-state index is 0.255. The highest BCUT2D eigenvalue weighted by molar-refractivity contribution is 6.00. The molecule has 0 radical (unpaired) electrons. The number of carbonyl (C=O) groups excluding carboxylic acids is 1. The Balaban J connectivity index is 2.09. The fraction of sp³-hybridized carbons (Fsp3) is 0.154. The second-order valence-corrected chi connectivity index (χ2v) is 3.92. The van der Waals surface area contributed by atoms with Gasteiger partial charge in [0.15, 0.2) is 5.78 Å². The minimum Gasteiger partial charge on any atom is -0.294 e. The Labute approximate surface area is 93.2 Å². The second kappa shape index (κ2) is 3.52. The van der Waals surface area contributed by atoms with E-state index in [2.05, 4.69) is 16.0 Å². The molecule has 0 N–H and O–H groups in total. The van der Waals surface area contributed by atoms with Crippen LogP contribution in [0.15, 0.2) is 36.9 Å². The maximum atomic E-state index is 11.5. The molecule has 0 aliphatic heterocycles. The molecule has 3 rings (SSSR count). The summed E-state index contributed by atoms with van der Waals surface area (Å²) in [5, 5.41) is 0. The summed E-state index contributed by atoms with van der Waals surface area (Å²) in [5.74, 6) is 0.255. The zero-order valence-electron chi connectivity index (χ0n) is 8.68. The van der Waals surface area contributed by atoms with E-state index >= 15 is 0 Å². The molecule has 1 heterocycles. The van der Waals surface area contributed by atoms with Gasteiger partial charge in [0.05, 0.1) is 0 Å². The maximum absolute atomic E-state index is 11.5. The molecular formula is C13H10N2O. The summed E-state index contributed by atoms with van der Waals surface area (Å²) < 4.78 is 0. The van der Waals surface area contributed by atoms with Crippen molar-refractivity contribution in [3.8, 4) is 11.1 Å². The van der Waals surface area contributed by atoms with Crippen LogP contribution in [0.4, 0.5) is 0 Å². The van der Waals surface area contributed by atoms with E-state index < -0.39 is 0 Å². The van der Waals surface area contributed by atoms with Crippen molar-refractivity contribution < 1.29 is 4.79 Å². The van der Waals surface area contributed by atoms with Gasteiger partial charge in [-0.05, 0) is 17.5 Å². The number of carbonyl (C=O) groups is 1. The first-order valence-corrected chi connectivity index (χ1v) is 5.26. The molecule has 1 aliphatic rings. The number of Topliss-reactive ketones (excluding diaryl/α,β-unsaturated/α-hetero) is 1. The molecule has 1 aliphatic carbocycles. The van der Waals surface area contributed by atoms with Crippen LogP contribution >= 0.6 is 0 Å². The van der Waals surface area contributed by atoms with E-state index in [0.29, 0.717) is 6.42 Å². The van der Waals surface area contributed by atoms with Crippen molar-refractivity contribution in [1.29, 1.82) is 0 Å². The summed E-state index contributed by atoms with van der Waals surface area (Å²) in [6, 6.07) is 5.94. The lowest BCUT2D eigenvalue weighted by Gasteiger charge is -2.03. The van der Waals surface area contributed by atoms with Crippen LogP contribution in [0.25, 0.3) is 11.1 Å². The Kier molecular flexibility index (Phi) is 2.03. The van der Waals surface area contributed by atoms with Crippen LogP contribution in [-0.2, 0) is 6.42 Å². The van der Waals surface area contributed by atoms with Crippen molar-refractivity contribution in [2.24, 2.45) is 0 Å². The van der Waals surface area contributed by atoms with Crippen molar-refractivity contribution in [2.45, 2.75) is 12.8 Å². The van der Waals surface area contributed by atoms with Crippen LogP contribution in [-0.4, -0.2) is 15.8 Å². The molecule has 0 saturated heterocycles. The maximum Gasteiger partial charge on any atom is 0.163 e. The van der Waals surface area contributed by atoms with Crippen molar-refractivity contribution in [2.75, 3.05) is 0 Å². The summed E-state index contributed by atoms with van der Waals surface area (Å²) in [4.78, 5) is 19.5. The topological polar surface area (TPSA) is 42.9 Å².